The summed E-state index contributed by atoms with van der Waals surface area (Å²) in [6.45, 7) is 5.59. The summed E-state index contributed by atoms with van der Waals surface area (Å²) < 4.78 is 8.43. The Labute approximate surface area is 160 Å². The Morgan fingerprint density at radius 2 is 1.92 bits per heavy atom. The van der Waals surface area contributed by atoms with E-state index in [1.54, 1.807) is 11.6 Å². The molecular formula is C20H21BrN2O3. The molecule has 3 rings (SSSR count). The summed E-state index contributed by atoms with van der Waals surface area (Å²) in [5.74, 6) is 0.691. The van der Waals surface area contributed by atoms with E-state index in [4.69, 9.17) is 4.74 Å². The molecule has 0 aliphatic heterocycles. The molecule has 26 heavy (non-hydrogen) atoms. The van der Waals surface area contributed by atoms with Gasteiger partial charge < -0.3 is 9.84 Å². The van der Waals surface area contributed by atoms with E-state index in [1.807, 2.05) is 43.3 Å². The minimum Gasteiger partial charge on any atom is -0.491 e. The molecule has 5 nitrogen and oxygen atoms in total. The number of carbonyl (C=O) groups excluding carboxylic acids is 1. The lowest BCUT2D eigenvalue weighted by Gasteiger charge is -2.14. The number of aliphatic hydroxyl groups is 1. The zero-order valence-electron chi connectivity index (χ0n) is 15.0. The van der Waals surface area contributed by atoms with E-state index < -0.39 is 6.10 Å². The van der Waals surface area contributed by atoms with E-state index in [0.717, 1.165) is 20.9 Å². The lowest BCUT2D eigenvalue weighted by atomic mass is 10.1. The van der Waals surface area contributed by atoms with E-state index >= 15 is 0 Å². The molecule has 1 atom stereocenters. The molecule has 1 heterocycles. The lowest BCUT2D eigenvalue weighted by molar-refractivity contribution is 0.0886. The molecule has 3 aromatic rings. The Kier molecular flexibility index (Phi) is 5.44. The molecule has 1 unspecified atom stereocenters. The predicted molar refractivity (Wildman–Crippen MR) is 105 cm³/mol. The first-order chi connectivity index (χ1) is 12.3. The quantitative estimate of drug-likeness (QED) is 0.615. The smallest absolute Gasteiger partial charge is 0.163 e. The van der Waals surface area contributed by atoms with Gasteiger partial charge in [-0.1, -0.05) is 28.1 Å². The summed E-state index contributed by atoms with van der Waals surface area (Å²) in [4.78, 5) is 11.7. The van der Waals surface area contributed by atoms with Crippen molar-refractivity contribution >= 4 is 32.5 Å². The summed E-state index contributed by atoms with van der Waals surface area (Å²) in [7, 11) is 0. The first-order valence-corrected chi connectivity index (χ1v) is 9.19. The second kappa shape index (κ2) is 7.60. The number of hydrogen-bond acceptors (Lipinski definition) is 4. The highest BCUT2D eigenvalue weighted by atomic mass is 79.9. The number of Topliss-reactive ketones (excluding diaryl/α,β-unsaturated/α-hetero) is 1. The first kappa shape index (κ1) is 18.6. The van der Waals surface area contributed by atoms with Gasteiger partial charge in [0.05, 0.1) is 17.8 Å². The van der Waals surface area contributed by atoms with Crippen LogP contribution in [0.25, 0.3) is 10.8 Å². The van der Waals surface area contributed by atoms with Crippen LogP contribution in [0.3, 0.4) is 0 Å². The Bertz CT molecular complexity index is 965. The fraction of sp³-hybridized carbons (Fsp3) is 0.300. The molecule has 0 aliphatic rings. The van der Waals surface area contributed by atoms with Crippen LogP contribution in [0.4, 0.5) is 0 Å². The average Bonchev–Trinajstić information content (AvgIpc) is 2.86. The van der Waals surface area contributed by atoms with Crippen LogP contribution in [0.5, 0.6) is 5.75 Å². The third kappa shape index (κ3) is 3.97. The van der Waals surface area contributed by atoms with Gasteiger partial charge in [-0.25, -0.2) is 0 Å². The number of aliphatic hydroxyl groups excluding tert-OH is 1. The maximum atomic E-state index is 11.7. The van der Waals surface area contributed by atoms with Crippen molar-refractivity contribution in [2.45, 2.75) is 33.4 Å². The summed E-state index contributed by atoms with van der Waals surface area (Å²) in [5, 5.41) is 16.8. The zero-order chi connectivity index (χ0) is 18.8. The number of aromatic nitrogens is 2. The van der Waals surface area contributed by atoms with Crippen LogP contribution < -0.4 is 4.74 Å². The van der Waals surface area contributed by atoms with Crippen molar-refractivity contribution in [3.05, 3.63) is 57.8 Å². The van der Waals surface area contributed by atoms with Gasteiger partial charge in [0.2, 0.25) is 0 Å². The average molecular weight is 417 g/mol. The molecule has 0 aliphatic carbocycles. The largest absolute Gasteiger partial charge is 0.491 e. The molecule has 2 aromatic carbocycles. The second-order valence-corrected chi connectivity index (χ2v) is 7.32. The molecule has 0 amide bonds. The van der Waals surface area contributed by atoms with Crippen LogP contribution in [-0.2, 0) is 6.54 Å². The van der Waals surface area contributed by atoms with Gasteiger partial charge in [0.15, 0.2) is 5.78 Å². The van der Waals surface area contributed by atoms with Crippen LogP contribution in [0.15, 0.2) is 40.9 Å². The highest BCUT2D eigenvalue weighted by Gasteiger charge is 2.17. The lowest BCUT2D eigenvalue weighted by Crippen LogP contribution is -2.25. The number of carbonyl (C=O) groups is 1. The second-order valence-electron chi connectivity index (χ2n) is 6.40. The number of halogens is 1. The molecule has 0 spiro atoms. The van der Waals surface area contributed by atoms with Gasteiger partial charge in [0.1, 0.15) is 18.5 Å². The van der Waals surface area contributed by atoms with Crippen LogP contribution in [0.1, 0.15) is 28.7 Å². The summed E-state index contributed by atoms with van der Waals surface area (Å²) >= 11 is 3.46. The van der Waals surface area contributed by atoms with Crippen LogP contribution >= 0.6 is 15.9 Å². The van der Waals surface area contributed by atoms with E-state index in [1.165, 1.54) is 6.92 Å². The van der Waals surface area contributed by atoms with Gasteiger partial charge >= 0.3 is 0 Å². The molecule has 0 saturated heterocycles. The molecule has 0 fully saturated rings. The van der Waals surface area contributed by atoms with Crippen molar-refractivity contribution in [3.8, 4) is 5.75 Å². The number of benzene rings is 2. The predicted octanol–water partition coefficient (Wildman–Crippen LogP) is 4.06. The van der Waals surface area contributed by atoms with Crippen LogP contribution in [-0.4, -0.2) is 33.4 Å². The Morgan fingerprint density at radius 3 is 2.62 bits per heavy atom. The minimum absolute atomic E-state index is 0.0141. The molecule has 1 aromatic heterocycles. The van der Waals surface area contributed by atoms with E-state index in [-0.39, 0.29) is 18.9 Å². The fourth-order valence-corrected chi connectivity index (χ4v) is 3.49. The monoisotopic (exact) mass is 416 g/mol. The van der Waals surface area contributed by atoms with Crippen molar-refractivity contribution in [1.82, 2.24) is 9.78 Å². The van der Waals surface area contributed by atoms with Crippen molar-refractivity contribution in [2.24, 2.45) is 0 Å². The SMILES string of the molecule is CC(=O)c1c(C)nn(CC(O)COc2ccc3cc(Br)ccc3c2)c1C. The van der Waals surface area contributed by atoms with Crippen molar-refractivity contribution in [2.75, 3.05) is 6.61 Å². The number of fused-ring (bicyclic) bond motifs is 1. The Hall–Kier alpha value is -2.18. The molecule has 136 valence electrons. The zero-order valence-corrected chi connectivity index (χ0v) is 16.6. The standard InChI is InChI=1S/C20H21BrN2O3/c1-12-20(14(3)24)13(2)23(22-12)10-18(25)11-26-19-7-5-15-8-17(21)6-4-16(15)9-19/h4-9,18,25H,10-11H2,1-3H3. The highest BCUT2D eigenvalue weighted by Crippen LogP contribution is 2.24. The maximum Gasteiger partial charge on any atom is 0.163 e. The maximum absolute atomic E-state index is 11.7. The number of nitrogens with zero attached hydrogens (tertiary/aromatic N) is 2. The van der Waals surface area contributed by atoms with Gasteiger partial charge in [-0.05, 0) is 55.8 Å². The third-order valence-electron chi connectivity index (χ3n) is 4.33. The summed E-state index contributed by atoms with van der Waals surface area (Å²) in [5.41, 5.74) is 2.08. The van der Waals surface area contributed by atoms with Gasteiger partial charge in [-0.2, -0.15) is 5.10 Å². The molecule has 1 N–H and O–H groups in total. The molecule has 6 heteroatoms. The van der Waals surface area contributed by atoms with Crippen molar-refractivity contribution < 1.29 is 14.6 Å². The van der Waals surface area contributed by atoms with Gasteiger partial charge in [0, 0.05) is 10.2 Å². The van der Waals surface area contributed by atoms with E-state index in [2.05, 4.69) is 21.0 Å². The summed E-state index contributed by atoms with van der Waals surface area (Å²) in [6, 6.07) is 11.9. The molecular weight excluding hydrogens is 396 g/mol. The molecule has 0 bridgehead atoms. The Morgan fingerprint density at radius 1 is 1.23 bits per heavy atom. The normalized spacial score (nSPS) is 12.3. The van der Waals surface area contributed by atoms with Gasteiger partial charge in [-0.15, -0.1) is 0 Å². The van der Waals surface area contributed by atoms with Crippen molar-refractivity contribution in [1.29, 1.82) is 0 Å². The van der Waals surface area contributed by atoms with Gasteiger partial charge in [-0.3, -0.25) is 9.48 Å². The van der Waals surface area contributed by atoms with Gasteiger partial charge in [0.25, 0.3) is 0 Å². The Balaban J connectivity index is 1.66. The molecule has 0 radical (unpaired) electrons. The minimum atomic E-state index is -0.728. The number of aryl methyl sites for hydroxylation is 1. The number of ether oxygens (including phenoxy) is 1. The van der Waals surface area contributed by atoms with Crippen molar-refractivity contribution in [3.63, 3.8) is 0 Å². The van der Waals surface area contributed by atoms with Crippen LogP contribution in [0, 0.1) is 13.8 Å². The topological polar surface area (TPSA) is 64.4 Å². The first-order valence-electron chi connectivity index (χ1n) is 8.40. The number of hydrogen-bond donors (Lipinski definition) is 1. The van der Waals surface area contributed by atoms with Crippen LogP contribution in [0.2, 0.25) is 0 Å². The van der Waals surface area contributed by atoms with E-state index in [0.29, 0.717) is 17.0 Å². The fourth-order valence-electron chi connectivity index (χ4n) is 3.11. The number of ketones is 1. The number of rotatable bonds is 6. The third-order valence-corrected chi connectivity index (χ3v) is 4.83. The highest BCUT2D eigenvalue weighted by molar-refractivity contribution is 9.10. The van der Waals surface area contributed by atoms with E-state index in [9.17, 15) is 9.90 Å². The molecule has 0 saturated carbocycles. The summed E-state index contributed by atoms with van der Waals surface area (Å²) in [6.07, 6.45) is -0.728.